The molecule has 3 N–H and O–H groups in total. The fraction of sp³-hybridized carbons (Fsp3) is 0.308. The Morgan fingerprint density at radius 3 is 2.40 bits per heavy atom. The number of para-hydroxylation sites is 1. The molecule has 0 bridgehead atoms. The molecule has 0 aromatic heterocycles. The lowest BCUT2D eigenvalue weighted by Crippen LogP contribution is -2.48. The Morgan fingerprint density at radius 1 is 1.25 bits per heavy atom. The van der Waals surface area contributed by atoms with Gasteiger partial charge < -0.3 is 20.6 Å². The third-order valence-corrected chi connectivity index (χ3v) is 2.50. The summed E-state index contributed by atoms with van der Waals surface area (Å²) in [5, 5.41) is 13.6. The van der Waals surface area contributed by atoms with E-state index < -0.39 is 30.5 Å². The largest absolute Gasteiger partial charge is 0.480 e. The summed E-state index contributed by atoms with van der Waals surface area (Å²) in [5.41, 5.74) is 0.600. The smallest absolute Gasteiger partial charge is 0.323 e. The summed E-state index contributed by atoms with van der Waals surface area (Å²) in [4.78, 5) is 35.0. The number of hydrogen-bond donors (Lipinski definition) is 3. The number of amides is 3. The van der Waals surface area contributed by atoms with Crippen LogP contribution in [0.15, 0.2) is 30.3 Å². The summed E-state index contributed by atoms with van der Waals surface area (Å²) in [5.74, 6) is -1.59. The van der Waals surface area contributed by atoms with Gasteiger partial charge in [-0.1, -0.05) is 18.2 Å². The van der Waals surface area contributed by atoms with Crippen molar-refractivity contribution in [3.63, 3.8) is 0 Å². The van der Waals surface area contributed by atoms with E-state index in [4.69, 9.17) is 5.11 Å². The molecule has 7 nitrogen and oxygen atoms in total. The number of hydrogen-bond acceptors (Lipinski definition) is 3. The van der Waals surface area contributed by atoms with Crippen LogP contribution in [0.4, 0.5) is 10.5 Å². The van der Waals surface area contributed by atoms with Gasteiger partial charge in [0.05, 0.1) is 0 Å². The lowest BCUT2D eigenvalue weighted by Gasteiger charge is -2.20. The summed E-state index contributed by atoms with van der Waals surface area (Å²) in [6.07, 6.45) is 0. The molecule has 0 heterocycles. The molecular weight excluding hydrogens is 262 g/mol. The summed E-state index contributed by atoms with van der Waals surface area (Å²) < 4.78 is 0. The number of carbonyl (C=O) groups is 3. The van der Waals surface area contributed by atoms with Crippen LogP contribution in [0.3, 0.4) is 0 Å². The van der Waals surface area contributed by atoms with Crippen LogP contribution in [0.5, 0.6) is 0 Å². The van der Waals surface area contributed by atoms with Crippen LogP contribution in [0, 0.1) is 0 Å². The zero-order valence-electron chi connectivity index (χ0n) is 11.3. The van der Waals surface area contributed by atoms with Gasteiger partial charge in [-0.05, 0) is 19.1 Å². The zero-order chi connectivity index (χ0) is 15.1. The Kier molecular flexibility index (Phi) is 5.52. The first-order valence-corrected chi connectivity index (χ1v) is 5.99. The molecule has 0 aliphatic carbocycles. The predicted molar refractivity (Wildman–Crippen MR) is 73.3 cm³/mol. The van der Waals surface area contributed by atoms with E-state index in [9.17, 15) is 14.4 Å². The minimum atomic E-state index is -1.11. The molecule has 108 valence electrons. The van der Waals surface area contributed by atoms with Gasteiger partial charge in [0.25, 0.3) is 0 Å². The highest BCUT2D eigenvalue weighted by Crippen LogP contribution is 2.04. The molecule has 20 heavy (non-hydrogen) atoms. The molecule has 7 heteroatoms. The second-order valence-electron chi connectivity index (χ2n) is 4.27. The number of benzene rings is 1. The molecule has 0 aliphatic heterocycles. The maximum Gasteiger partial charge on any atom is 0.323 e. The van der Waals surface area contributed by atoms with Crippen molar-refractivity contribution in [3.05, 3.63) is 30.3 Å². The van der Waals surface area contributed by atoms with Gasteiger partial charge in [0.15, 0.2) is 0 Å². The molecule has 0 radical (unpaired) electrons. The molecule has 0 spiro atoms. The van der Waals surface area contributed by atoms with E-state index in [0.29, 0.717) is 5.69 Å². The molecule has 0 saturated carbocycles. The fourth-order valence-electron chi connectivity index (χ4n) is 1.56. The lowest BCUT2D eigenvalue weighted by molar-refractivity contribution is -0.143. The molecule has 1 unspecified atom stereocenters. The molecule has 3 amide bonds. The van der Waals surface area contributed by atoms with Crippen LogP contribution in [-0.2, 0) is 9.59 Å². The average Bonchev–Trinajstić information content (AvgIpc) is 2.37. The van der Waals surface area contributed by atoms with Crippen LogP contribution < -0.4 is 10.6 Å². The van der Waals surface area contributed by atoms with Crippen molar-refractivity contribution in [2.24, 2.45) is 0 Å². The highest BCUT2D eigenvalue weighted by Gasteiger charge is 2.20. The van der Waals surface area contributed by atoms with E-state index in [0.717, 1.165) is 4.90 Å². The monoisotopic (exact) mass is 279 g/mol. The number of urea groups is 1. The highest BCUT2D eigenvalue weighted by atomic mass is 16.4. The van der Waals surface area contributed by atoms with Gasteiger partial charge in [-0.2, -0.15) is 0 Å². The molecule has 0 aliphatic rings. The molecule has 0 fully saturated rings. The minimum absolute atomic E-state index is 0.412. The molecule has 1 atom stereocenters. The van der Waals surface area contributed by atoms with Crippen molar-refractivity contribution in [3.8, 4) is 0 Å². The van der Waals surface area contributed by atoms with Gasteiger partial charge in [0.1, 0.15) is 12.6 Å². The number of nitrogens with zero attached hydrogens (tertiary/aromatic N) is 1. The predicted octanol–water partition coefficient (Wildman–Crippen LogP) is 0.740. The van der Waals surface area contributed by atoms with E-state index in [2.05, 4.69) is 10.6 Å². The topological polar surface area (TPSA) is 98.7 Å². The summed E-state index contributed by atoms with van der Waals surface area (Å²) in [6, 6.07) is 7.43. The average molecular weight is 279 g/mol. The number of anilines is 1. The first kappa shape index (κ1) is 15.5. The Morgan fingerprint density at radius 2 is 1.85 bits per heavy atom. The molecule has 1 aromatic carbocycles. The Balaban J connectivity index is 2.49. The van der Waals surface area contributed by atoms with Crippen LogP contribution in [0.2, 0.25) is 0 Å². The van der Waals surface area contributed by atoms with E-state index in [1.807, 2.05) is 6.07 Å². The normalized spacial score (nSPS) is 11.3. The first-order chi connectivity index (χ1) is 9.40. The van der Waals surface area contributed by atoms with E-state index in [1.54, 1.807) is 24.3 Å². The number of likely N-dealkylation sites (N-methyl/N-ethyl adjacent to an activating group) is 1. The Labute approximate surface area is 116 Å². The van der Waals surface area contributed by atoms with Crippen molar-refractivity contribution >= 4 is 23.6 Å². The molecule has 1 rings (SSSR count). The highest BCUT2D eigenvalue weighted by molar-refractivity contribution is 5.94. The quantitative estimate of drug-likeness (QED) is 0.740. The van der Waals surface area contributed by atoms with Gasteiger partial charge in [-0.3, -0.25) is 9.59 Å². The molecular formula is C13H17N3O4. The van der Waals surface area contributed by atoms with E-state index in [1.165, 1.54) is 14.0 Å². The van der Waals surface area contributed by atoms with Crippen molar-refractivity contribution in [1.29, 1.82) is 0 Å². The summed E-state index contributed by atoms with van der Waals surface area (Å²) in [7, 11) is 1.36. The van der Waals surface area contributed by atoms with Gasteiger partial charge in [0.2, 0.25) is 5.91 Å². The number of carbonyl (C=O) groups excluding carboxylic acids is 2. The second kappa shape index (κ2) is 7.13. The zero-order valence-corrected chi connectivity index (χ0v) is 11.3. The van der Waals surface area contributed by atoms with Crippen molar-refractivity contribution in [2.45, 2.75) is 13.0 Å². The van der Waals surface area contributed by atoms with Crippen molar-refractivity contribution in [2.75, 3.05) is 18.9 Å². The second-order valence-corrected chi connectivity index (χ2v) is 4.27. The Hall–Kier alpha value is -2.57. The number of aliphatic carboxylic acids is 1. The van der Waals surface area contributed by atoms with Gasteiger partial charge in [-0.15, -0.1) is 0 Å². The van der Waals surface area contributed by atoms with Gasteiger partial charge in [0, 0.05) is 12.7 Å². The number of carboxylic acids is 1. The maximum atomic E-state index is 11.8. The van der Waals surface area contributed by atoms with E-state index >= 15 is 0 Å². The van der Waals surface area contributed by atoms with Crippen molar-refractivity contribution in [1.82, 2.24) is 10.2 Å². The van der Waals surface area contributed by atoms with Crippen LogP contribution in [-0.4, -0.2) is 47.5 Å². The van der Waals surface area contributed by atoms with Gasteiger partial charge >= 0.3 is 12.0 Å². The molecule has 0 saturated heterocycles. The minimum Gasteiger partial charge on any atom is -0.480 e. The SMILES string of the molecule is CC(NC(=O)Nc1ccccc1)C(=O)N(C)CC(=O)O. The molecule has 1 aromatic rings. The van der Waals surface area contributed by atoms with Crippen LogP contribution in [0.1, 0.15) is 6.92 Å². The van der Waals surface area contributed by atoms with Crippen molar-refractivity contribution < 1.29 is 19.5 Å². The van der Waals surface area contributed by atoms with Crippen LogP contribution >= 0.6 is 0 Å². The number of nitrogens with one attached hydrogen (secondary N) is 2. The van der Waals surface area contributed by atoms with Gasteiger partial charge in [-0.25, -0.2) is 4.79 Å². The number of rotatable bonds is 5. The standard InChI is InChI=1S/C13H17N3O4/c1-9(12(19)16(2)8-11(17)18)14-13(20)15-10-6-4-3-5-7-10/h3-7,9H,8H2,1-2H3,(H,17,18)(H2,14,15,20). The maximum absolute atomic E-state index is 11.8. The Bertz CT molecular complexity index is 490. The lowest BCUT2D eigenvalue weighted by atomic mass is 10.3. The fourth-order valence-corrected chi connectivity index (χ4v) is 1.56. The third kappa shape index (κ3) is 4.97. The summed E-state index contributed by atoms with van der Waals surface area (Å²) >= 11 is 0. The summed E-state index contributed by atoms with van der Waals surface area (Å²) in [6.45, 7) is 1.08. The number of carboxylic acid groups (broad SMARTS) is 1. The third-order valence-electron chi connectivity index (χ3n) is 2.50. The first-order valence-electron chi connectivity index (χ1n) is 5.99. The van der Waals surface area contributed by atoms with E-state index in [-0.39, 0.29) is 0 Å². The van der Waals surface area contributed by atoms with Crippen LogP contribution in [0.25, 0.3) is 0 Å².